The predicted octanol–water partition coefficient (Wildman–Crippen LogP) is -0.220. The molecule has 19 heavy (non-hydrogen) atoms. The molecule has 0 aromatic rings. The number of carbonyl (C=O) groups excluding carboxylic acids is 1. The molecular formula is C11H20N2O5S. The molecule has 0 aliphatic heterocycles. The Morgan fingerprint density at radius 3 is 2.32 bits per heavy atom. The SMILES string of the molecule is CC(=O)NCCN(C(C)C(=O)O)S(=O)(=O)C1(C)CC1. The van der Waals surface area contributed by atoms with Gasteiger partial charge < -0.3 is 10.4 Å². The predicted molar refractivity (Wildman–Crippen MR) is 69.0 cm³/mol. The third-order valence-corrected chi connectivity index (χ3v) is 6.15. The van der Waals surface area contributed by atoms with Gasteiger partial charge in [0.25, 0.3) is 0 Å². The van der Waals surface area contributed by atoms with E-state index in [1.807, 2.05) is 0 Å². The molecule has 0 spiro atoms. The topological polar surface area (TPSA) is 104 Å². The number of nitrogens with zero attached hydrogens (tertiary/aromatic N) is 1. The number of aliphatic carboxylic acids is 1. The van der Waals surface area contributed by atoms with Crippen molar-refractivity contribution >= 4 is 21.9 Å². The fourth-order valence-electron chi connectivity index (χ4n) is 1.70. The molecule has 0 radical (unpaired) electrons. The van der Waals surface area contributed by atoms with Gasteiger partial charge in [0.1, 0.15) is 6.04 Å². The molecule has 1 saturated carbocycles. The fraction of sp³-hybridized carbons (Fsp3) is 0.818. The van der Waals surface area contributed by atoms with Gasteiger partial charge in [-0.2, -0.15) is 4.31 Å². The molecule has 0 aromatic heterocycles. The smallest absolute Gasteiger partial charge is 0.321 e. The molecule has 0 saturated heterocycles. The van der Waals surface area contributed by atoms with Crippen LogP contribution < -0.4 is 5.32 Å². The van der Waals surface area contributed by atoms with Crippen LogP contribution >= 0.6 is 0 Å². The number of hydrogen-bond donors (Lipinski definition) is 2. The van der Waals surface area contributed by atoms with Crippen LogP contribution in [0.1, 0.15) is 33.6 Å². The molecule has 0 bridgehead atoms. The van der Waals surface area contributed by atoms with Gasteiger partial charge >= 0.3 is 5.97 Å². The third kappa shape index (κ3) is 3.44. The van der Waals surface area contributed by atoms with E-state index in [0.29, 0.717) is 12.8 Å². The number of amides is 1. The van der Waals surface area contributed by atoms with Gasteiger partial charge in [-0.25, -0.2) is 8.42 Å². The van der Waals surface area contributed by atoms with Crippen molar-refractivity contribution < 1.29 is 23.1 Å². The molecule has 0 heterocycles. The third-order valence-electron chi connectivity index (χ3n) is 3.38. The van der Waals surface area contributed by atoms with Gasteiger partial charge in [0.15, 0.2) is 0 Å². The van der Waals surface area contributed by atoms with Crippen LogP contribution in [0.4, 0.5) is 0 Å². The zero-order chi connectivity index (χ0) is 14.8. The van der Waals surface area contributed by atoms with Gasteiger partial charge in [0.2, 0.25) is 15.9 Å². The van der Waals surface area contributed by atoms with Gasteiger partial charge in [-0.1, -0.05) is 0 Å². The molecule has 1 amide bonds. The molecule has 1 unspecified atom stereocenters. The minimum absolute atomic E-state index is 0.0367. The van der Waals surface area contributed by atoms with Crippen molar-refractivity contribution in [3.63, 3.8) is 0 Å². The normalized spacial score (nSPS) is 18.9. The van der Waals surface area contributed by atoms with E-state index in [-0.39, 0.29) is 19.0 Å². The minimum Gasteiger partial charge on any atom is -0.480 e. The average molecular weight is 292 g/mol. The summed E-state index contributed by atoms with van der Waals surface area (Å²) < 4.78 is 24.9. The van der Waals surface area contributed by atoms with Crippen molar-refractivity contribution in [2.45, 2.75) is 44.4 Å². The molecule has 1 aliphatic rings. The molecule has 1 atom stereocenters. The molecule has 110 valence electrons. The van der Waals surface area contributed by atoms with E-state index in [2.05, 4.69) is 5.32 Å². The maximum atomic E-state index is 12.4. The highest BCUT2D eigenvalue weighted by Gasteiger charge is 2.54. The second-order valence-corrected chi connectivity index (χ2v) is 7.47. The lowest BCUT2D eigenvalue weighted by atomic mass is 10.3. The standard InChI is InChI=1S/C11H20N2O5S/c1-8(10(15)16)13(7-6-12-9(2)14)19(17,18)11(3)4-5-11/h8H,4-7H2,1-3H3,(H,12,14)(H,15,16). The molecule has 1 rings (SSSR count). The van der Waals surface area contributed by atoms with Gasteiger partial charge in [-0.05, 0) is 26.7 Å². The molecule has 8 heteroatoms. The van der Waals surface area contributed by atoms with Crippen molar-refractivity contribution in [2.75, 3.05) is 13.1 Å². The lowest BCUT2D eigenvalue weighted by molar-refractivity contribution is -0.140. The number of carboxylic acids is 1. The summed E-state index contributed by atoms with van der Waals surface area (Å²) in [7, 11) is -3.67. The number of carboxylic acid groups (broad SMARTS) is 1. The van der Waals surface area contributed by atoms with E-state index in [1.54, 1.807) is 6.92 Å². The Kier molecular flexibility index (Phi) is 4.57. The number of rotatable bonds is 7. The Bertz CT molecular complexity index is 469. The number of hydrogen-bond acceptors (Lipinski definition) is 4. The summed E-state index contributed by atoms with van der Waals surface area (Å²) in [5.41, 5.74) is 0. The summed E-state index contributed by atoms with van der Waals surface area (Å²) in [6.45, 7) is 4.33. The first-order valence-corrected chi connectivity index (χ1v) is 7.54. The average Bonchev–Trinajstić information content (AvgIpc) is 3.02. The first-order chi connectivity index (χ1) is 8.62. The van der Waals surface area contributed by atoms with Crippen molar-refractivity contribution in [1.82, 2.24) is 9.62 Å². The lowest BCUT2D eigenvalue weighted by Gasteiger charge is -2.28. The number of nitrogens with one attached hydrogen (secondary N) is 1. The largest absolute Gasteiger partial charge is 0.480 e. The second kappa shape index (κ2) is 5.46. The molecule has 1 fully saturated rings. The van der Waals surface area contributed by atoms with Crippen LogP contribution in [0, 0.1) is 0 Å². The van der Waals surface area contributed by atoms with Crippen molar-refractivity contribution in [2.24, 2.45) is 0 Å². The van der Waals surface area contributed by atoms with Crippen LogP contribution in [0.2, 0.25) is 0 Å². The van der Waals surface area contributed by atoms with Crippen molar-refractivity contribution in [3.8, 4) is 0 Å². The zero-order valence-corrected chi connectivity index (χ0v) is 12.2. The Morgan fingerprint density at radius 1 is 1.42 bits per heavy atom. The van der Waals surface area contributed by atoms with Crippen LogP contribution in [0.25, 0.3) is 0 Å². The summed E-state index contributed by atoms with van der Waals surface area (Å²) in [6, 6.07) is -1.14. The second-order valence-electron chi connectivity index (χ2n) is 5.06. The molecule has 0 aromatic carbocycles. The Morgan fingerprint density at radius 2 is 1.95 bits per heavy atom. The molecule has 2 N–H and O–H groups in total. The Balaban J connectivity index is 2.86. The highest BCUT2D eigenvalue weighted by atomic mass is 32.2. The van der Waals surface area contributed by atoms with Crippen molar-refractivity contribution in [3.05, 3.63) is 0 Å². The van der Waals surface area contributed by atoms with E-state index >= 15 is 0 Å². The summed E-state index contributed by atoms with van der Waals surface area (Å²) in [5.74, 6) is -1.48. The summed E-state index contributed by atoms with van der Waals surface area (Å²) in [6.07, 6.45) is 1.08. The maximum Gasteiger partial charge on any atom is 0.321 e. The van der Waals surface area contributed by atoms with Gasteiger partial charge in [0, 0.05) is 20.0 Å². The molecule has 7 nitrogen and oxygen atoms in total. The van der Waals surface area contributed by atoms with Crippen LogP contribution in [0.5, 0.6) is 0 Å². The maximum absolute atomic E-state index is 12.4. The Labute approximate surface area is 113 Å². The van der Waals surface area contributed by atoms with E-state index in [4.69, 9.17) is 5.11 Å². The van der Waals surface area contributed by atoms with Crippen LogP contribution in [0.3, 0.4) is 0 Å². The van der Waals surface area contributed by atoms with E-state index in [0.717, 1.165) is 4.31 Å². The van der Waals surface area contributed by atoms with Crippen LogP contribution in [-0.2, 0) is 19.6 Å². The number of sulfonamides is 1. The fourth-order valence-corrected chi connectivity index (χ4v) is 3.73. The van der Waals surface area contributed by atoms with Crippen LogP contribution in [-0.4, -0.2) is 53.6 Å². The summed E-state index contributed by atoms with van der Waals surface area (Å²) in [4.78, 5) is 21.8. The van der Waals surface area contributed by atoms with Crippen molar-refractivity contribution in [1.29, 1.82) is 0 Å². The van der Waals surface area contributed by atoms with E-state index in [1.165, 1.54) is 13.8 Å². The highest BCUT2D eigenvalue weighted by Crippen LogP contribution is 2.44. The van der Waals surface area contributed by atoms with Gasteiger partial charge in [-0.3, -0.25) is 9.59 Å². The first kappa shape index (κ1) is 15.9. The number of carbonyl (C=O) groups is 2. The monoisotopic (exact) mass is 292 g/mol. The van der Waals surface area contributed by atoms with E-state index in [9.17, 15) is 18.0 Å². The Hall–Kier alpha value is -1.15. The lowest BCUT2D eigenvalue weighted by Crippen LogP contribution is -2.50. The highest BCUT2D eigenvalue weighted by molar-refractivity contribution is 7.90. The summed E-state index contributed by atoms with van der Waals surface area (Å²) >= 11 is 0. The molecule has 1 aliphatic carbocycles. The minimum atomic E-state index is -3.67. The first-order valence-electron chi connectivity index (χ1n) is 6.10. The zero-order valence-electron chi connectivity index (χ0n) is 11.3. The van der Waals surface area contributed by atoms with Crippen LogP contribution in [0.15, 0.2) is 0 Å². The summed E-state index contributed by atoms with van der Waals surface area (Å²) in [5, 5.41) is 11.5. The van der Waals surface area contributed by atoms with E-state index < -0.39 is 26.8 Å². The van der Waals surface area contributed by atoms with Gasteiger partial charge in [-0.15, -0.1) is 0 Å². The molecular weight excluding hydrogens is 272 g/mol. The van der Waals surface area contributed by atoms with Gasteiger partial charge in [0.05, 0.1) is 4.75 Å². The quantitative estimate of drug-likeness (QED) is 0.675.